The van der Waals surface area contributed by atoms with Gasteiger partial charge >= 0.3 is 0 Å². The van der Waals surface area contributed by atoms with Crippen molar-refractivity contribution in [3.63, 3.8) is 0 Å². The monoisotopic (exact) mass is 170 g/mol. The van der Waals surface area contributed by atoms with Crippen LogP contribution in [0.2, 0.25) is 0 Å². The van der Waals surface area contributed by atoms with E-state index in [0.29, 0.717) is 0 Å². The Balaban J connectivity index is 1.99. The maximum atomic E-state index is 2.16. The van der Waals surface area contributed by atoms with Gasteiger partial charge in [0.1, 0.15) is 0 Å². The molecule has 1 heterocycles. The molecule has 1 radical (unpaired) electrons. The van der Waals surface area contributed by atoms with Crippen LogP contribution in [0.1, 0.15) is 5.56 Å². The van der Waals surface area contributed by atoms with Gasteiger partial charge in [-0.1, -0.05) is 42.5 Å². The molecule has 1 aromatic rings. The SMILES string of the molecule is [CH]1C=CC=CN1Cc1ccccc1. The first-order valence-electron chi connectivity index (χ1n) is 4.43. The van der Waals surface area contributed by atoms with E-state index >= 15 is 0 Å². The lowest BCUT2D eigenvalue weighted by Crippen LogP contribution is -2.13. The van der Waals surface area contributed by atoms with Crippen LogP contribution in [0.5, 0.6) is 0 Å². The molecule has 1 nitrogen and oxygen atoms in total. The van der Waals surface area contributed by atoms with Crippen molar-refractivity contribution in [3.8, 4) is 0 Å². The summed E-state index contributed by atoms with van der Waals surface area (Å²) in [4.78, 5) is 2.16. The minimum Gasteiger partial charge on any atom is -0.364 e. The summed E-state index contributed by atoms with van der Waals surface area (Å²) in [5, 5.41) is 0. The topological polar surface area (TPSA) is 3.24 Å². The minimum absolute atomic E-state index is 0.946. The first kappa shape index (κ1) is 8.11. The average molecular weight is 170 g/mol. The van der Waals surface area contributed by atoms with E-state index in [0.717, 1.165) is 6.54 Å². The van der Waals surface area contributed by atoms with E-state index in [-0.39, 0.29) is 0 Å². The van der Waals surface area contributed by atoms with Crippen molar-refractivity contribution in [3.05, 3.63) is 66.9 Å². The number of allylic oxidation sites excluding steroid dienone is 2. The van der Waals surface area contributed by atoms with Gasteiger partial charge in [0.05, 0.1) is 6.54 Å². The molecule has 0 amide bonds. The second-order valence-electron chi connectivity index (χ2n) is 3.03. The van der Waals surface area contributed by atoms with Gasteiger partial charge in [-0.2, -0.15) is 0 Å². The van der Waals surface area contributed by atoms with Gasteiger partial charge in [-0.25, -0.2) is 0 Å². The van der Waals surface area contributed by atoms with Crippen LogP contribution in [-0.2, 0) is 6.54 Å². The fourth-order valence-electron chi connectivity index (χ4n) is 1.33. The molecule has 1 heteroatoms. The third-order valence-corrected chi connectivity index (χ3v) is 1.99. The molecule has 1 aromatic carbocycles. The van der Waals surface area contributed by atoms with Crippen LogP contribution >= 0.6 is 0 Å². The summed E-state index contributed by atoms with van der Waals surface area (Å²) in [6.45, 7) is 3.02. The summed E-state index contributed by atoms with van der Waals surface area (Å²) in [7, 11) is 0. The fourth-order valence-corrected chi connectivity index (χ4v) is 1.33. The summed E-state index contributed by atoms with van der Waals surface area (Å²) in [6, 6.07) is 10.5. The smallest absolute Gasteiger partial charge is 0.0714 e. The molecule has 0 fully saturated rings. The average Bonchev–Trinajstić information content (AvgIpc) is 2.21. The van der Waals surface area contributed by atoms with Gasteiger partial charge in [0.2, 0.25) is 0 Å². The fraction of sp³-hybridized carbons (Fsp3) is 0.0833. The van der Waals surface area contributed by atoms with Crippen LogP contribution in [0.3, 0.4) is 0 Å². The van der Waals surface area contributed by atoms with Crippen molar-refractivity contribution in [2.24, 2.45) is 0 Å². The Bertz CT molecular complexity index is 311. The Morgan fingerprint density at radius 3 is 2.46 bits per heavy atom. The Morgan fingerprint density at radius 1 is 0.923 bits per heavy atom. The zero-order valence-corrected chi connectivity index (χ0v) is 7.43. The Labute approximate surface area is 79.0 Å². The quantitative estimate of drug-likeness (QED) is 0.659. The zero-order chi connectivity index (χ0) is 8.93. The van der Waals surface area contributed by atoms with E-state index in [1.54, 1.807) is 0 Å². The van der Waals surface area contributed by atoms with Crippen LogP contribution in [-0.4, -0.2) is 4.90 Å². The highest BCUT2D eigenvalue weighted by Crippen LogP contribution is 2.09. The summed E-state index contributed by atoms with van der Waals surface area (Å²) in [6.07, 6.45) is 8.19. The van der Waals surface area contributed by atoms with Crippen LogP contribution < -0.4 is 0 Å². The number of rotatable bonds is 2. The summed E-state index contributed by atoms with van der Waals surface area (Å²) >= 11 is 0. The lowest BCUT2D eigenvalue weighted by molar-refractivity contribution is 0.462. The van der Waals surface area contributed by atoms with Crippen molar-refractivity contribution in [1.82, 2.24) is 4.90 Å². The van der Waals surface area contributed by atoms with Crippen LogP contribution in [0.25, 0.3) is 0 Å². The largest absolute Gasteiger partial charge is 0.364 e. The number of hydrogen-bond acceptors (Lipinski definition) is 1. The molecular weight excluding hydrogens is 158 g/mol. The number of nitrogens with zero attached hydrogens (tertiary/aromatic N) is 1. The van der Waals surface area contributed by atoms with E-state index in [9.17, 15) is 0 Å². The first-order valence-corrected chi connectivity index (χ1v) is 4.43. The van der Waals surface area contributed by atoms with Crippen molar-refractivity contribution in [1.29, 1.82) is 0 Å². The molecule has 0 spiro atoms. The van der Waals surface area contributed by atoms with Crippen LogP contribution in [0, 0.1) is 6.54 Å². The molecule has 0 N–H and O–H groups in total. The third kappa shape index (κ3) is 2.22. The van der Waals surface area contributed by atoms with Crippen LogP contribution in [0.4, 0.5) is 0 Å². The van der Waals surface area contributed by atoms with Gasteiger partial charge in [-0.05, 0) is 11.6 Å². The van der Waals surface area contributed by atoms with Crippen molar-refractivity contribution in [2.75, 3.05) is 0 Å². The van der Waals surface area contributed by atoms with Gasteiger partial charge in [-0.3, -0.25) is 0 Å². The first-order chi connectivity index (χ1) is 6.45. The van der Waals surface area contributed by atoms with Crippen molar-refractivity contribution >= 4 is 0 Å². The standard InChI is InChI=1S/C12H12N/c1-3-7-12(8-4-1)11-13-9-5-2-6-10-13/h1-10H,11H2. The third-order valence-electron chi connectivity index (χ3n) is 1.99. The summed E-state index contributed by atoms with van der Waals surface area (Å²) < 4.78 is 0. The zero-order valence-electron chi connectivity index (χ0n) is 7.43. The molecule has 0 saturated heterocycles. The number of benzene rings is 1. The second kappa shape index (κ2) is 3.94. The molecule has 13 heavy (non-hydrogen) atoms. The van der Waals surface area contributed by atoms with Gasteiger partial charge in [0, 0.05) is 12.7 Å². The van der Waals surface area contributed by atoms with Gasteiger partial charge in [0.15, 0.2) is 0 Å². The van der Waals surface area contributed by atoms with E-state index in [2.05, 4.69) is 41.9 Å². The van der Waals surface area contributed by atoms with E-state index in [1.165, 1.54) is 5.56 Å². The van der Waals surface area contributed by atoms with E-state index in [4.69, 9.17) is 0 Å². The molecule has 2 rings (SSSR count). The van der Waals surface area contributed by atoms with Crippen molar-refractivity contribution in [2.45, 2.75) is 6.54 Å². The molecular formula is C12H12N. The molecule has 65 valence electrons. The highest BCUT2D eigenvalue weighted by atomic mass is 15.1. The molecule has 1 aliphatic heterocycles. The lowest BCUT2D eigenvalue weighted by Gasteiger charge is -2.19. The van der Waals surface area contributed by atoms with Crippen LogP contribution in [0.15, 0.2) is 54.8 Å². The molecule has 1 aliphatic rings. The maximum absolute atomic E-state index is 2.16. The predicted molar refractivity (Wildman–Crippen MR) is 54.6 cm³/mol. The normalized spacial score (nSPS) is 14.9. The Morgan fingerprint density at radius 2 is 1.77 bits per heavy atom. The van der Waals surface area contributed by atoms with Gasteiger partial charge in [0.25, 0.3) is 0 Å². The number of hydrogen-bond donors (Lipinski definition) is 0. The van der Waals surface area contributed by atoms with Gasteiger partial charge < -0.3 is 4.90 Å². The van der Waals surface area contributed by atoms with Crippen molar-refractivity contribution < 1.29 is 0 Å². The van der Waals surface area contributed by atoms with Gasteiger partial charge in [-0.15, -0.1) is 0 Å². The Kier molecular flexibility index (Phi) is 2.46. The maximum Gasteiger partial charge on any atom is 0.0714 e. The molecule has 0 unspecified atom stereocenters. The highest BCUT2D eigenvalue weighted by molar-refractivity contribution is 5.19. The minimum atomic E-state index is 0.946. The van der Waals surface area contributed by atoms with E-state index < -0.39 is 0 Å². The molecule has 0 aliphatic carbocycles. The summed E-state index contributed by atoms with van der Waals surface area (Å²) in [5.41, 5.74) is 1.33. The van der Waals surface area contributed by atoms with E-state index in [1.807, 2.05) is 24.3 Å². The highest BCUT2D eigenvalue weighted by Gasteiger charge is 2.00. The predicted octanol–water partition coefficient (Wildman–Crippen LogP) is 2.73. The lowest BCUT2D eigenvalue weighted by atomic mass is 10.2. The Hall–Kier alpha value is -1.50. The molecule has 0 aromatic heterocycles. The molecule has 0 bridgehead atoms. The molecule has 0 atom stereocenters. The second-order valence-corrected chi connectivity index (χ2v) is 3.03. The summed E-state index contributed by atoms with van der Waals surface area (Å²) in [5.74, 6) is 0. The molecule has 0 saturated carbocycles.